The van der Waals surface area contributed by atoms with Gasteiger partial charge in [0.15, 0.2) is 0 Å². The van der Waals surface area contributed by atoms with Crippen molar-refractivity contribution in [2.45, 2.75) is 45.4 Å². The number of alkyl carbamates (subject to hydrolysis) is 1. The maximum atomic E-state index is 13.3. The fourth-order valence-electron chi connectivity index (χ4n) is 3.18. The van der Waals surface area contributed by atoms with Crippen molar-refractivity contribution in [2.75, 3.05) is 19.5 Å². The molecule has 0 saturated heterocycles. The van der Waals surface area contributed by atoms with Crippen LogP contribution < -0.4 is 15.4 Å². The molecule has 8 heteroatoms. The summed E-state index contributed by atoms with van der Waals surface area (Å²) in [7, 11) is 3.06. The number of hydrogen-bond acceptors (Lipinski definition) is 5. The topological polar surface area (TPSA) is 97.0 Å². The first-order valence-corrected chi connectivity index (χ1v) is 10.7. The molecule has 0 aliphatic heterocycles. The molecule has 2 aromatic carbocycles. The Hall–Kier alpha value is -3.99. The van der Waals surface area contributed by atoms with Crippen molar-refractivity contribution in [3.05, 3.63) is 59.7 Å². The number of hydrogen-bond donors (Lipinski definition) is 2. The van der Waals surface area contributed by atoms with Crippen LogP contribution >= 0.6 is 0 Å². The maximum absolute atomic E-state index is 13.3. The number of amides is 3. The summed E-state index contributed by atoms with van der Waals surface area (Å²) in [6.45, 7) is 6.71. The average Bonchev–Trinajstić information content (AvgIpc) is 2.78. The smallest absolute Gasteiger partial charge is 0.408 e. The number of carbonyl (C=O) groups is 3. The van der Waals surface area contributed by atoms with E-state index in [1.807, 2.05) is 0 Å². The van der Waals surface area contributed by atoms with Gasteiger partial charge in [0.1, 0.15) is 23.4 Å². The molecular formula is C26H31N3O5. The Labute approximate surface area is 200 Å². The Balaban J connectivity index is 2.28. The monoisotopic (exact) mass is 465 g/mol. The van der Waals surface area contributed by atoms with Gasteiger partial charge in [-0.05, 0) is 69.7 Å². The van der Waals surface area contributed by atoms with Gasteiger partial charge >= 0.3 is 6.09 Å². The summed E-state index contributed by atoms with van der Waals surface area (Å²) in [4.78, 5) is 39.9. The Morgan fingerprint density at radius 2 is 1.62 bits per heavy atom. The van der Waals surface area contributed by atoms with E-state index in [1.54, 1.807) is 76.4 Å². The second kappa shape index (κ2) is 11.2. The highest BCUT2D eigenvalue weighted by molar-refractivity contribution is 5.98. The second-order valence-electron chi connectivity index (χ2n) is 8.70. The minimum absolute atomic E-state index is 0.432. The van der Waals surface area contributed by atoms with Crippen LogP contribution in [0.5, 0.6) is 5.75 Å². The average molecular weight is 466 g/mol. The van der Waals surface area contributed by atoms with Crippen LogP contribution in [-0.4, -0.2) is 48.6 Å². The van der Waals surface area contributed by atoms with Gasteiger partial charge in [-0.15, -0.1) is 6.42 Å². The lowest BCUT2D eigenvalue weighted by Gasteiger charge is -2.30. The van der Waals surface area contributed by atoms with E-state index in [4.69, 9.17) is 15.9 Å². The first-order chi connectivity index (χ1) is 15.9. The van der Waals surface area contributed by atoms with Gasteiger partial charge < -0.3 is 25.0 Å². The van der Waals surface area contributed by atoms with Crippen LogP contribution in [0, 0.1) is 12.3 Å². The fourth-order valence-corrected chi connectivity index (χ4v) is 3.18. The largest absolute Gasteiger partial charge is 0.497 e. The van der Waals surface area contributed by atoms with E-state index in [9.17, 15) is 14.4 Å². The third-order valence-electron chi connectivity index (χ3n) is 4.84. The molecule has 0 radical (unpaired) electrons. The molecule has 0 bridgehead atoms. The predicted molar refractivity (Wildman–Crippen MR) is 130 cm³/mol. The number of terminal acetylenes is 1. The molecule has 0 fully saturated rings. The van der Waals surface area contributed by atoms with Gasteiger partial charge in [-0.25, -0.2) is 4.79 Å². The normalized spacial score (nSPS) is 12.5. The molecule has 34 heavy (non-hydrogen) atoms. The van der Waals surface area contributed by atoms with Crippen molar-refractivity contribution in [3.63, 3.8) is 0 Å². The van der Waals surface area contributed by atoms with Crippen LogP contribution in [0.2, 0.25) is 0 Å². The third-order valence-corrected chi connectivity index (χ3v) is 4.84. The summed E-state index contributed by atoms with van der Waals surface area (Å²) < 4.78 is 10.4. The van der Waals surface area contributed by atoms with Crippen LogP contribution in [0.4, 0.5) is 10.5 Å². The van der Waals surface area contributed by atoms with E-state index in [1.165, 1.54) is 18.9 Å². The SMILES string of the molecule is C#Cc1ccc(C(C(=O)Nc2ccc(OC)cc2)N(C)C(=O)C(C)NC(=O)OC(C)(C)C)cc1. The van der Waals surface area contributed by atoms with Gasteiger partial charge in [-0.1, -0.05) is 18.1 Å². The number of rotatable bonds is 7. The van der Waals surface area contributed by atoms with Crippen molar-refractivity contribution in [1.82, 2.24) is 10.2 Å². The summed E-state index contributed by atoms with van der Waals surface area (Å²) in [5, 5.41) is 5.34. The third kappa shape index (κ3) is 7.27. The van der Waals surface area contributed by atoms with Crippen LogP contribution in [0.3, 0.4) is 0 Å². The molecule has 8 nitrogen and oxygen atoms in total. The van der Waals surface area contributed by atoms with Gasteiger partial charge in [-0.3, -0.25) is 9.59 Å². The van der Waals surface area contributed by atoms with E-state index >= 15 is 0 Å². The number of ether oxygens (including phenoxy) is 2. The molecule has 3 amide bonds. The number of carbonyl (C=O) groups excluding carboxylic acids is 3. The summed E-state index contributed by atoms with van der Waals surface area (Å²) in [6, 6.07) is 11.7. The highest BCUT2D eigenvalue weighted by Gasteiger charge is 2.32. The highest BCUT2D eigenvalue weighted by atomic mass is 16.6. The molecule has 2 atom stereocenters. The van der Waals surface area contributed by atoms with Crippen molar-refractivity contribution in [3.8, 4) is 18.1 Å². The second-order valence-corrected chi connectivity index (χ2v) is 8.70. The molecule has 0 aromatic heterocycles. The van der Waals surface area contributed by atoms with Crippen molar-refractivity contribution < 1.29 is 23.9 Å². The molecule has 180 valence electrons. The molecule has 2 rings (SSSR count). The molecule has 2 N–H and O–H groups in total. The number of anilines is 1. The van der Waals surface area contributed by atoms with E-state index < -0.39 is 35.6 Å². The lowest BCUT2D eigenvalue weighted by atomic mass is 10.0. The van der Waals surface area contributed by atoms with Gasteiger partial charge in [-0.2, -0.15) is 0 Å². The van der Waals surface area contributed by atoms with E-state index in [0.29, 0.717) is 22.6 Å². The summed E-state index contributed by atoms with van der Waals surface area (Å²) in [6.07, 6.45) is 4.72. The zero-order chi connectivity index (χ0) is 25.5. The number of nitrogens with zero attached hydrogens (tertiary/aromatic N) is 1. The van der Waals surface area contributed by atoms with Crippen molar-refractivity contribution >= 4 is 23.6 Å². The predicted octanol–water partition coefficient (Wildman–Crippen LogP) is 3.73. The molecule has 2 unspecified atom stereocenters. The van der Waals surface area contributed by atoms with Gasteiger partial charge in [0.2, 0.25) is 5.91 Å². The lowest BCUT2D eigenvalue weighted by molar-refractivity contribution is -0.138. The number of methoxy groups -OCH3 is 1. The van der Waals surface area contributed by atoms with E-state index in [-0.39, 0.29) is 0 Å². The number of nitrogens with one attached hydrogen (secondary N) is 2. The van der Waals surface area contributed by atoms with Gasteiger partial charge in [0.05, 0.1) is 7.11 Å². The first-order valence-electron chi connectivity index (χ1n) is 10.7. The molecule has 0 spiro atoms. The molecule has 0 aliphatic carbocycles. The first kappa shape index (κ1) is 26.3. The zero-order valence-electron chi connectivity index (χ0n) is 20.3. The standard InChI is InChI=1S/C26H31N3O5/c1-8-18-9-11-19(12-10-18)22(23(30)28-20-13-15-21(33-7)16-14-20)29(6)24(31)17(2)27-25(32)34-26(3,4)5/h1,9-17,22H,2-7H3,(H,27,32)(H,28,30). The van der Waals surface area contributed by atoms with Crippen LogP contribution in [0.15, 0.2) is 48.5 Å². The Bertz CT molecular complexity index is 1050. The quantitative estimate of drug-likeness (QED) is 0.608. The molecule has 0 saturated carbocycles. The van der Waals surface area contributed by atoms with Gasteiger partial charge in [0, 0.05) is 18.3 Å². The summed E-state index contributed by atoms with van der Waals surface area (Å²) in [5.74, 6) is 2.27. The number of benzene rings is 2. The van der Waals surface area contributed by atoms with Crippen LogP contribution in [0.25, 0.3) is 0 Å². The minimum Gasteiger partial charge on any atom is -0.497 e. The molecule has 0 heterocycles. The number of likely N-dealkylation sites (N-methyl/N-ethyl adjacent to an activating group) is 1. The molecular weight excluding hydrogens is 434 g/mol. The maximum Gasteiger partial charge on any atom is 0.408 e. The molecule has 2 aromatic rings. The summed E-state index contributed by atoms with van der Waals surface area (Å²) in [5.41, 5.74) is 1.03. The van der Waals surface area contributed by atoms with Gasteiger partial charge in [0.25, 0.3) is 5.91 Å². The fraction of sp³-hybridized carbons (Fsp3) is 0.346. The Morgan fingerprint density at radius 1 is 1.03 bits per heavy atom. The lowest BCUT2D eigenvalue weighted by Crippen LogP contribution is -2.49. The van der Waals surface area contributed by atoms with E-state index in [0.717, 1.165) is 0 Å². The Kier molecular flexibility index (Phi) is 8.68. The zero-order valence-corrected chi connectivity index (χ0v) is 20.3. The summed E-state index contributed by atoms with van der Waals surface area (Å²) >= 11 is 0. The van der Waals surface area contributed by atoms with Crippen molar-refractivity contribution in [1.29, 1.82) is 0 Å². The van der Waals surface area contributed by atoms with Crippen LogP contribution in [-0.2, 0) is 14.3 Å². The highest BCUT2D eigenvalue weighted by Crippen LogP contribution is 2.24. The molecule has 0 aliphatic rings. The minimum atomic E-state index is -0.982. The Morgan fingerprint density at radius 3 is 2.12 bits per heavy atom. The van der Waals surface area contributed by atoms with Crippen LogP contribution in [0.1, 0.15) is 44.9 Å². The van der Waals surface area contributed by atoms with E-state index in [2.05, 4.69) is 16.6 Å². The van der Waals surface area contributed by atoms with Crippen molar-refractivity contribution in [2.24, 2.45) is 0 Å².